The predicted octanol–water partition coefficient (Wildman–Crippen LogP) is 4.10. The summed E-state index contributed by atoms with van der Waals surface area (Å²) in [6, 6.07) is 23.4. The second kappa shape index (κ2) is 5.89. The Bertz CT molecular complexity index is 790. The molecular formula is C18H13N3. The fourth-order valence-electron chi connectivity index (χ4n) is 2.09. The van der Waals surface area contributed by atoms with E-state index in [9.17, 15) is 0 Å². The quantitative estimate of drug-likeness (QED) is 0.661. The number of aromatic nitrogens is 1. The maximum atomic E-state index is 8.78. The molecule has 21 heavy (non-hydrogen) atoms. The van der Waals surface area contributed by atoms with E-state index in [4.69, 9.17) is 5.26 Å². The van der Waals surface area contributed by atoms with Gasteiger partial charge in [0.25, 0.3) is 0 Å². The van der Waals surface area contributed by atoms with E-state index < -0.39 is 0 Å². The molecule has 0 atom stereocenters. The minimum Gasteiger partial charge on any atom is -0.316 e. The van der Waals surface area contributed by atoms with Crippen molar-refractivity contribution in [3.63, 3.8) is 0 Å². The molecule has 0 fully saturated rings. The van der Waals surface area contributed by atoms with Gasteiger partial charge in [0.1, 0.15) is 0 Å². The van der Waals surface area contributed by atoms with Gasteiger partial charge < -0.3 is 4.57 Å². The summed E-state index contributed by atoms with van der Waals surface area (Å²) in [6.07, 6.45) is 3.84. The zero-order valence-electron chi connectivity index (χ0n) is 11.3. The van der Waals surface area contributed by atoms with Crippen LogP contribution < -0.4 is 0 Å². The van der Waals surface area contributed by atoms with Gasteiger partial charge in [-0.25, -0.2) is 0 Å². The zero-order chi connectivity index (χ0) is 14.5. The van der Waals surface area contributed by atoms with Crippen molar-refractivity contribution in [3.05, 3.63) is 84.2 Å². The van der Waals surface area contributed by atoms with Crippen LogP contribution in [0.5, 0.6) is 0 Å². The van der Waals surface area contributed by atoms with Gasteiger partial charge in [-0.15, -0.1) is 0 Å². The van der Waals surface area contributed by atoms with Gasteiger partial charge in [-0.2, -0.15) is 5.26 Å². The van der Waals surface area contributed by atoms with E-state index in [0.717, 1.165) is 17.1 Å². The molecule has 3 nitrogen and oxygen atoms in total. The van der Waals surface area contributed by atoms with Gasteiger partial charge in [-0.05, 0) is 48.5 Å². The summed E-state index contributed by atoms with van der Waals surface area (Å²) >= 11 is 0. The fourth-order valence-corrected chi connectivity index (χ4v) is 2.09. The second-order valence-corrected chi connectivity index (χ2v) is 4.56. The Morgan fingerprint density at radius 2 is 1.67 bits per heavy atom. The number of rotatable bonds is 3. The second-order valence-electron chi connectivity index (χ2n) is 4.56. The van der Waals surface area contributed by atoms with Crippen molar-refractivity contribution in [2.45, 2.75) is 0 Å². The SMILES string of the molecule is N#Cc1ccc(N=Cc2cccn2-c2ccccc2)cc1. The van der Waals surface area contributed by atoms with Crippen molar-refractivity contribution in [2.24, 2.45) is 4.99 Å². The average molecular weight is 271 g/mol. The van der Waals surface area contributed by atoms with Crippen molar-refractivity contribution in [1.29, 1.82) is 5.26 Å². The predicted molar refractivity (Wildman–Crippen MR) is 84.2 cm³/mol. The Balaban J connectivity index is 1.87. The normalized spacial score (nSPS) is 10.6. The molecule has 1 heterocycles. The third kappa shape index (κ3) is 2.90. The molecule has 0 aliphatic rings. The molecule has 3 heteroatoms. The van der Waals surface area contributed by atoms with Crippen molar-refractivity contribution >= 4 is 11.9 Å². The van der Waals surface area contributed by atoms with Gasteiger partial charge >= 0.3 is 0 Å². The first-order valence-electron chi connectivity index (χ1n) is 6.64. The van der Waals surface area contributed by atoms with Crippen LogP contribution in [0.25, 0.3) is 5.69 Å². The Kier molecular flexibility index (Phi) is 3.62. The molecule has 0 saturated carbocycles. The molecule has 0 aliphatic carbocycles. The van der Waals surface area contributed by atoms with E-state index in [1.165, 1.54) is 0 Å². The molecule has 0 radical (unpaired) electrons. The maximum absolute atomic E-state index is 8.78. The van der Waals surface area contributed by atoms with E-state index in [1.54, 1.807) is 12.1 Å². The number of hydrogen-bond donors (Lipinski definition) is 0. The highest BCUT2D eigenvalue weighted by atomic mass is 15.0. The van der Waals surface area contributed by atoms with Crippen molar-refractivity contribution in [1.82, 2.24) is 4.57 Å². The summed E-state index contributed by atoms with van der Waals surface area (Å²) in [5.74, 6) is 0. The van der Waals surface area contributed by atoms with E-state index in [-0.39, 0.29) is 0 Å². The van der Waals surface area contributed by atoms with Gasteiger partial charge in [-0.3, -0.25) is 4.99 Å². The molecule has 2 aromatic carbocycles. The summed E-state index contributed by atoms with van der Waals surface area (Å²) in [5, 5.41) is 8.78. The van der Waals surface area contributed by atoms with E-state index in [1.807, 2.05) is 54.9 Å². The van der Waals surface area contributed by atoms with Crippen LogP contribution in [-0.4, -0.2) is 10.8 Å². The third-order valence-electron chi connectivity index (χ3n) is 3.16. The maximum Gasteiger partial charge on any atom is 0.0991 e. The van der Waals surface area contributed by atoms with Gasteiger partial charge in [0.05, 0.1) is 29.2 Å². The van der Waals surface area contributed by atoms with Crippen LogP contribution in [-0.2, 0) is 0 Å². The minimum absolute atomic E-state index is 0.640. The lowest BCUT2D eigenvalue weighted by atomic mass is 10.2. The van der Waals surface area contributed by atoms with Crippen molar-refractivity contribution in [2.75, 3.05) is 0 Å². The molecule has 0 N–H and O–H groups in total. The van der Waals surface area contributed by atoms with Gasteiger partial charge in [0.15, 0.2) is 0 Å². The molecule has 3 rings (SSSR count). The topological polar surface area (TPSA) is 41.1 Å². The molecule has 3 aromatic rings. The molecule has 0 spiro atoms. The van der Waals surface area contributed by atoms with Crippen LogP contribution in [0.2, 0.25) is 0 Å². The fraction of sp³-hybridized carbons (Fsp3) is 0. The highest BCUT2D eigenvalue weighted by molar-refractivity contribution is 5.81. The summed E-state index contributed by atoms with van der Waals surface area (Å²) < 4.78 is 2.08. The van der Waals surface area contributed by atoms with Crippen LogP contribution in [0.15, 0.2) is 77.9 Å². The minimum atomic E-state index is 0.640. The number of nitrogens with zero attached hydrogens (tertiary/aromatic N) is 3. The third-order valence-corrected chi connectivity index (χ3v) is 3.16. The standard InChI is InChI=1S/C18H13N3/c19-13-15-8-10-16(11-9-15)20-14-18-7-4-12-21(18)17-5-2-1-3-6-17/h1-12,14H. The molecule has 0 bridgehead atoms. The number of hydrogen-bond acceptors (Lipinski definition) is 2. The molecule has 1 aromatic heterocycles. The Morgan fingerprint density at radius 1 is 0.905 bits per heavy atom. The molecule has 0 unspecified atom stereocenters. The Morgan fingerprint density at radius 3 is 2.38 bits per heavy atom. The van der Waals surface area contributed by atoms with Crippen LogP contribution in [0.4, 0.5) is 5.69 Å². The van der Waals surface area contributed by atoms with Crippen LogP contribution in [0, 0.1) is 11.3 Å². The first-order chi connectivity index (χ1) is 10.4. The van der Waals surface area contributed by atoms with E-state index >= 15 is 0 Å². The lowest BCUT2D eigenvalue weighted by Gasteiger charge is -2.05. The zero-order valence-corrected chi connectivity index (χ0v) is 11.3. The van der Waals surface area contributed by atoms with Gasteiger partial charge in [0, 0.05) is 11.9 Å². The summed E-state index contributed by atoms with van der Waals surface area (Å²) in [6.45, 7) is 0. The molecule has 0 saturated heterocycles. The molecular weight excluding hydrogens is 258 g/mol. The summed E-state index contributed by atoms with van der Waals surface area (Å²) in [4.78, 5) is 4.46. The number of nitriles is 1. The Hall–Kier alpha value is -3.12. The summed E-state index contributed by atoms with van der Waals surface area (Å²) in [5.41, 5.74) is 3.57. The first-order valence-corrected chi connectivity index (χ1v) is 6.64. The molecule has 0 amide bonds. The smallest absolute Gasteiger partial charge is 0.0991 e. The van der Waals surface area contributed by atoms with Gasteiger partial charge in [0.2, 0.25) is 0 Å². The highest BCUT2D eigenvalue weighted by Gasteiger charge is 2.00. The Labute approximate surface area is 123 Å². The van der Waals surface area contributed by atoms with E-state index in [2.05, 4.69) is 27.8 Å². The van der Waals surface area contributed by atoms with Crippen molar-refractivity contribution in [3.8, 4) is 11.8 Å². The van der Waals surface area contributed by atoms with Crippen LogP contribution >= 0.6 is 0 Å². The lowest BCUT2D eigenvalue weighted by molar-refractivity contribution is 1.07. The number of para-hydroxylation sites is 1. The summed E-state index contributed by atoms with van der Waals surface area (Å²) in [7, 11) is 0. The van der Waals surface area contributed by atoms with Crippen LogP contribution in [0.3, 0.4) is 0 Å². The van der Waals surface area contributed by atoms with Crippen LogP contribution in [0.1, 0.15) is 11.3 Å². The van der Waals surface area contributed by atoms with Crippen molar-refractivity contribution < 1.29 is 0 Å². The monoisotopic (exact) mass is 271 g/mol. The molecule has 100 valence electrons. The largest absolute Gasteiger partial charge is 0.316 e. The first kappa shape index (κ1) is 12.9. The van der Waals surface area contributed by atoms with E-state index in [0.29, 0.717) is 5.56 Å². The van der Waals surface area contributed by atoms with Gasteiger partial charge in [-0.1, -0.05) is 18.2 Å². The average Bonchev–Trinajstić information content (AvgIpc) is 3.03. The number of aliphatic imine (C=N–C) groups is 1. The highest BCUT2D eigenvalue weighted by Crippen LogP contribution is 2.15. The number of benzene rings is 2. The molecule has 0 aliphatic heterocycles. The lowest BCUT2D eigenvalue weighted by Crippen LogP contribution is -1.97.